The van der Waals surface area contributed by atoms with E-state index in [1.54, 1.807) is 23.1 Å². The molecule has 0 spiro atoms. The summed E-state index contributed by atoms with van der Waals surface area (Å²) in [5.41, 5.74) is 3.01. The summed E-state index contributed by atoms with van der Waals surface area (Å²) in [5.74, 6) is 0.601. The lowest BCUT2D eigenvalue weighted by Gasteiger charge is -2.26. The van der Waals surface area contributed by atoms with E-state index in [1.165, 1.54) is 0 Å². The first kappa shape index (κ1) is 20.0. The summed E-state index contributed by atoms with van der Waals surface area (Å²) in [7, 11) is 0. The second-order valence-corrected chi connectivity index (χ2v) is 7.28. The van der Waals surface area contributed by atoms with Crippen molar-refractivity contribution in [2.75, 3.05) is 19.8 Å². The van der Waals surface area contributed by atoms with E-state index in [-0.39, 0.29) is 24.8 Å². The Morgan fingerprint density at radius 3 is 2.80 bits per heavy atom. The van der Waals surface area contributed by atoms with Crippen LogP contribution in [0.3, 0.4) is 0 Å². The second-order valence-electron chi connectivity index (χ2n) is 7.28. The molecule has 0 saturated heterocycles. The van der Waals surface area contributed by atoms with Gasteiger partial charge in [-0.2, -0.15) is 5.10 Å². The molecule has 1 aliphatic heterocycles. The van der Waals surface area contributed by atoms with Crippen molar-refractivity contribution in [2.24, 2.45) is 0 Å². The number of carbonyl (C=O) groups excluding carboxylic acids is 1. The van der Waals surface area contributed by atoms with Crippen LogP contribution < -0.4 is 4.74 Å². The number of ether oxygens (including phenoxy) is 1. The van der Waals surface area contributed by atoms with Gasteiger partial charge < -0.3 is 19.8 Å². The third-order valence-corrected chi connectivity index (χ3v) is 5.30. The van der Waals surface area contributed by atoms with Crippen molar-refractivity contribution in [1.29, 1.82) is 0 Å². The molecule has 30 heavy (non-hydrogen) atoms. The van der Waals surface area contributed by atoms with Crippen molar-refractivity contribution >= 4 is 5.91 Å². The van der Waals surface area contributed by atoms with Gasteiger partial charge in [0.2, 0.25) is 0 Å². The van der Waals surface area contributed by atoms with Gasteiger partial charge in [-0.25, -0.2) is 0 Å². The van der Waals surface area contributed by atoms with E-state index in [1.807, 2.05) is 30.3 Å². The number of phenols is 1. The summed E-state index contributed by atoms with van der Waals surface area (Å²) in [6.07, 6.45) is 2.01. The number of aromatic hydroxyl groups is 1. The molecular weight excluding hydrogens is 382 g/mol. The number of nitrogens with one attached hydrogen (secondary N) is 1. The average Bonchev–Trinajstić information content (AvgIpc) is 3.29. The number of hydrogen-bond acceptors (Lipinski definition) is 5. The van der Waals surface area contributed by atoms with Crippen LogP contribution >= 0.6 is 0 Å². The zero-order chi connectivity index (χ0) is 21.1. The maximum atomic E-state index is 13.0. The number of carbonyl (C=O) groups is 1. The Morgan fingerprint density at radius 1 is 1.20 bits per heavy atom. The SMILES string of the molecule is CCCCOc1cccc([C@@H]2c3c(-c4ccccc4O)n[nH]c3C(=O)N2CCO)c1. The largest absolute Gasteiger partial charge is 0.507 e. The molecule has 2 heterocycles. The number of rotatable bonds is 8. The Morgan fingerprint density at radius 2 is 2.03 bits per heavy atom. The molecule has 7 heteroatoms. The van der Waals surface area contributed by atoms with Crippen molar-refractivity contribution in [3.63, 3.8) is 0 Å². The zero-order valence-electron chi connectivity index (χ0n) is 16.8. The minimum atomic E-state index is -0.442. The Balaban J connectivity index is 1.80. The number of fused-ring (bicyclic) bond motifs is 1. The van der Waals surface area contributed by atoms with Crippen LogP contribution in [0.25, 0.3) is 11.3 Å². The number of hydrogen-bond donors (Lipinski definition) is 3. The number of nitrogens with zero attached hydrogens (tertiary/aromatic N) is 2. The normalized spacial score (nSPS) is 15.5. The Labute approximate surface area is 174 Å². The minimum Gasteiger partial charge on any atom is -0.507 e. The third-order valence-electron chi connectivity index (χ3n) is 5.30. The molecule has 2 aromatic carbocycles. The Kier molecular flexibility index (Phi) is 5.72. The molecule has 0 saturated carbocycles. The molecule has 1 amide bonds. The van der Waals surface area contributed by atoms with E-state index in [2.05, 4.69) is 17.1 Å². The summed E-state index contributed by atoms with van der Waals surface area (Å²) in [4.78, 5) is 14.7. The minimum absolute atomic E-state index is 0.0928. The number of H-pyrrole nitrogens is 1. The summed E-state index contributed by atoms with van der Waals surface area (Å²) in [6, 6.07) is 14.1. The highest BCUT2D eigenvalue weighted by atomic mass is 16.5. The summed E-state index contributed by atoms with van der Waals surface area (Å²) < 4.78 is 5.86. The monoisotopic (exact) mass is 407 g/mol. The molecule has 0 bridgehead atoms. The Hall–Kier alpha value is -3.32. The van der Waals surface area contributed by atoms with E-state index in [0.717, 1.165) is 24.2 Å². The highest BCUT2D eigenvalue weighted by Crippen LogP contribution is 2.44. The van der Waals surface area contributed by atoms with Gasteiger partial charge in [0.05, 0.1) is 19.3 Å². The van der Waals surface area contributed by atoms with Gasteiger partial charge in [-0.1, -0.05) is 37.6 Å². The first-order chi connectivity index (χ1) is 14.7. The molecule has 0 fully saturated rings. The van der Waals surface area contributed by atoms with Gasteiger partial charge in [-0.15, -0.1) is 0 Å². The number of benzene rings is 2. The van der Waals surface area contributed by atoms with Crippen LogP contribution in [-0.2, 0) is 0 Å². The molecule has 156 valence electrons. The first-order valence-corrected chi connectivity index (χ1v) is 10.2. The quantitative estimate of drug-likeness (QED) is 0.497. The molecule has 0 aliphatic carbocycles. The summed E-state index contributed by atoms with van der Waals surface area (Å²) in [6.45, 7) is 2.77. The highest BCUT2D eigenvalue weighted by molar-refractivity contribution is 6.00. The first-order valence-electron chi connectivity index (χ1n) is 10.2. The van der Waals surface area contributed by atoms with Crippen molar-refractivity contribution < 1.29 is 19.7 Å². The molecule has 0 radical (unpaired) electrons. The number of phenolic OH excluding ortho intramolecular Hbond substituents is 1. The molecule has 3 aromatic rings. The predicted octanol–water partition coefficient (Wildman–Crippen LogP) is 3.50. The average molecular weight is 407 g/mol. The van der Waals surface area contributed by atoms with E-state index >= 15 is 0 Å². The van der Waals surface area contributed by atoms with Crippen LogP contribution in [0.4, 0.5) is 0 Å². The maximum absolute atomic E-state index is 13.0. The van der Waals surface area contributed by atoms with Gasteiger partial charge in [-0.3, -0.25) is 9.89 Å². The van der Waals surface area contributed by atoms with Gasteiger partial charge in [0.25, 0.3) is 5.91 Å². The van der Waals surface area contributed by atoms with Crippen LogP contribution in [0, 0.1) is 0 Å². The molecule has 1 aliphatic rings. The van der Waals surface area contributed by atoms with E-state index in [0.29, 0.717) is 29.1 Å². The van der Waals surface area contributed by atoms with Crippen LogP contribution in [0.15, 0.2) is 48.5 Å². The molecular formula is C23H25N3O4. The van der Waals surface area contributed by atoms with Gasteiger partial charge >= 0.3 is 0 Å². The summed E-state index contributed by atoms with van der Waals surface area (Å²) >= 11 is 0. The summed E-state index contributed by atoms with van der Waals surface area (Å²) in [5, 5.41) is 27.1. The molecule has 4 rings (SSSR count). The lowest BCUT2D eigenvalue weighted by molar-refractivity contribution is 0.0706. The molecule has 7 nitrogen and oxygen atoms in total. The standard InChI is InChI=1S/C23H25N3O4/c1-2-3-13-30-16-8-6-7-15(14-16)22-19-20(17-9-4-5-10-18(17)28)24-25-21(19)23(29)26(22)11-12-27/h4-10,14,22,27-28H,2-3,11-13H2,1H3,(H,24,25)/t22-/m1/s1. The topological polar surface area (TPSA) is 98.7 Å². The van der Waals surface area contributed by atoms with Crippen molar-refractivity contribution in [1.82, 2.24) is 15.1 Å². The second kappa shape index (κ2) is 8.59. The number of β-amino-alcohol motifs (C(OH)–C–C–N with tert-alkyl or cyclic N) is 1. The number of para-hydroxylation sites is 1. The van der Waals surface area contributed by atoms with Gasteiger partial charge in [0.15, 0.2) is 0 Å². The molecule has 0 unspecified atom stereocenters. The maximum Gasteiger partial charge on any atom is 0.273 e. The van der Waals surface area contributed by atoms with Gasteiger partial charge in [0.1, 0.15) is 22.9 Å². The van der Waals surface area contributed by atoms with Crippen molar-refractivity contribution in [3.8, 4) is 22.8 Å². The molecule has 3 N–H and O–H groups in total. The van der Waals surface area contributed by atoms with Gasteiger partial charge in [-0.05, 0) is 36.2 Å². The van der Waals surface area contributed by atoms with E-state index in [9.17, 15) is 15.0 Å². The van der Waals surface area contributed by atoms with Crippen LogP contribution in [0.1, 0.15) is 47.4 Å². The Bertz CT molecular complexity index is 1050. The fraction of sp³-hybridized carbons (Fsp3) is 0.304. The van der Waals surface area contributed by atoms with E-state index < -0.39 is 6.04 Å². The number of unbranched alkanes of at least 4 members (excludes halogenated alkanes) is 1. The fourth-order valence-electron chi connectivity index (χ4n) is 3.87. The lowest BCUT2D eigenvalue weighted by atomic mass is 9.95. The van der Waals surface area contributed by atoms with E-state index in [4.69, 9.17) is 4.74 Å². The molecule has 1 atom stereocenters. The number of aromatic amines is 1. The molecule has 1 aromatic heterocycles. The predicted molar refractivity (Wildman–Crippen MR) is 112 cm³/mol. The number of aliphatic hydroxyl groups is 1. The van der Waals surface area contributed by atoms with Crippen molar-refractivity contribution in [2.45, 2.75) is 25.8 Å². The van der Waals surface area contributed by atoms with Crippen LogP contribution in [0.2, 0.25) is 0 Å². The van der Waals surface area contributed by atoms with Gasteiger partial charge in [0, 0.05) is 17.7 Å². The number of amides is 1. The smallest absolute Gasteiger partial charge is 0.273 e. The van der Waals surface area contributed by atoms with Crippen LogP contribution in [0.5, 0.6) is 11.5 Å². The van der Waals surface area contributed by atoms with Crippen LogP contribution in [-0.4, -0.2) is 51.0 Å². The third kappa shape index (κ3) is 3.52. The number of aliphatic hydroxyl groups excluding tert-OH is 1. The zero-order valence-corrected chi connectivity index (χ0v) is 16.8. The lowest BCUT2D eigenvalue weighted by Crippen LogP contribution is -2.32. The number of aromatic nitrogens is 2. The highest BCUT2D eigenvalue weighted by Gasteiger charge is 2.42. The van der Waals surface area contributed by atoms with Crippen molar-refractivity contribution in [3.05, 3.63) is 65.4 Å². The fourth-order valence-corrected chi connectivity index (χ4v) is 3.87.